The number of hydrogen-bond donors (Lipinski definition) is 2. The fraction of sp³-hybridized carbons (Fsp3) is 0.500. The lowest BCUT2D eigenvalue weighted by atomic mass is 9.88. The van der Waals surface area contributed by atoms with Gasteiger partial charge in [-0.05, 0) is 48.9 Å². The summed E-state index contributed by atoms with van der Waals surface area (Å²) in [6, 6.07) is 7.16. The van der Waals surface area contributed by atoms with Crippen molar-refractivity contribution in [2.75, 3.05) is 7.05 Å². The third-order valence-electron chi connectivity index (χ3n) is 4.07. The highest BCUT2D eigenvalue weighted by Crippen LogP contribution is 2.27. The number of hydrogen-bond acceptors (Lipinski definition) is 4. The van der Waals surface area contributed by atoms with Gasteiger partial charge in [0.25, 0.3) is 15.9 Å². The van der Waals surface area contributed by atoms with Crippen molar-refractivity contribution >= 4 is 22.0 Å². The Bertz CT molecular complexity index is 746. The number of aryl methyl sites for hydroxylation is 1. The molecule has 24 heavy (non-hydrogen) atoms. The molecule has 0 aliphatic heterocycles. The maximum absolute atomic E-state index is 12.6. The van der Waals surface area contributed by atoms with Gasteiger partial charge >= 0.3 is 0 Å². The Morgan fingerprint density at radius 1 is 1.21 bits per heavy atom. The molecule has 1 aliphatic carbocycles. The van der Waals surface area contributed by atoms with Crippen LogP contribution in [0.15, 0.2) is 29.2 Å². The van der Waals surface area contributed by atoms with Crippen molar-refractivity contribution in [3.8, 4) is 0 Å². The van der Waals surface area contributed by atoms with Crippen LogP contribution in [-0.4, -0.2) is 27.4 Å². The number of carbonyl (C=O) groups excluding carboxylic acids is 1. The summed E-state index contributed by atoms with van der Waals surface area (Å²) in [5, 5.41) is 2.90. The van der Waals surface area contributed by atoms with E-state index in [0.29, 0.717) is 19.3 Å². The van der Waals surface area contributed by atoms with Crippen molar-refractivity contribution in [2.24, 2.45) is 5.41 Å². The molecule has 0 spiro atoms. The number of amides is 1. The van der Waals surface area contributed by atoms with E-state index in [-0.39, 0.29) is 10.3 Å². The summed E-state index contributed by atoms with van der Waals surface area (Å²) in [5.41, 5.74) is 1.94. The summed E-state index contributed by atoms with van der Waals surface area (Å²) in [6.45, 7) is 6.04. The van der Waals surface area contributed by atoms with E-state index < -0.39 is 22.0 Å². The Kier molecular flexibility index (Phi) is 5.50. The van der Waals surface area contributed by atoms with Gasteiger partial charge in [-0.15, -0.1) is 0 Å². The molecule has 1 aliphatic rings. The van der Waals surface area contributed by atoms with Crippen LogP contribution in [-0.2, 0) is 21.2 Å². The number of allylic oxidation sites excluding steroid dienone is 1. The summed E-state index contributed by atoms with van der Waals surface area (Å²) in [4.78, 5) is 12.6. The molecule has 5 nitrogen and oxygen atoms in total. The number of benzene rings is 1. The van der Waals surface area contributed by atoms with Crippen LogP contribution in [0.4, 0.5) is 0 Å². The Balaban J connectivity index is 2.17. The zero-order valence-corrected chi connectivity index (χ0v) is 15.5. The summed E-state index contributed by atoms with van der Waals surface area (Å²) < 4.78 is 27.4. The molecule has 0 radical (unpaired) electrons. The number of fused-ring (bicyclic) bond motifs is 1. The highest BCUT2D eigenvalue weighted by molar-refractivity contribution is 7.94. The maximum atomic E-state index is 12.6. The van der Waals surface area contributed by atoms with E-state index >= 15 is 0 Å². The Morgan fingerprint density at radius 2 is 1.88 bits per heavy atom. The molecule has 6 heteroatoms. The van der Waals surface area contributed by atoms with Crippen LogP contribution in [0.25, 0.3) is 6.08 Å². The molecule has 1 aromatic carbocycles. The van der Waals surface area contributed by atoms with Gasteiger partial charge in [0.05, 0.1) is 10.9 Å². The van der Waals surface area contributed by atoms with Crippen LogP contribution in [0.1, 0.15) is 44.7 Å². The normalized spacial score (nSPS) is 16.1. The third kappa shape index (κ3) is 4.68. The van der Waals surface area contributed by atoms with Crippen molar-refractivity contribution in [3.63, 3.8) is 0 Å². The van der Waals surface area contributed by atoms with Gasteiger partial charge in [-0.25, -0.2) is 13.1 Å². The molecule has 0 fully saturated rings. The largest absolute Gasteiger partial charge is 0.309 e. The number of likely N-dealkylation sites (N-methyl/N-ethyl adjacent to an activating group) is 1. The van der Waals surface area contributed by atoms with Crippen molar-refractivity contribution in [1.82, 2.24) is 10.0 Å². The number of nitrogens with one attached hydrogen (secondary N) is 2. The van der Waals surface area contributed by atoms with Gasteiger partial charge in [0.2, 0.25) is 0 Å². The molecular formula is C18H26N2O3S. The summed E-state index contributed by atoms with van der Waals surface area (Å²) >= 11 is 0. The van der Waals surface area contributed by atoms with E-state index in [4.69, 9.17) is 0 Å². The average molecular weight is 350 g/mol. The first-order valence-corrected chi connectivity index (χ1v) is 9.63. The monoisotopic (exact) mass is 350 g/mol. The lowest BCUT2D eigenvalue weighted by Crippen LogP contribution is -2.47. The summed E-state index contributed by atoms with van der Waals surface area (Å²) in [6.07, 6.45) is 3.27. The average Bonchev–Trinajstić information content (AvgIpc) is 2.50. The minimum atomic E-state index is -3.81. The second kappa shape index (κ2) is 7.07. The smallest absolute Gasteiger partial charge is 0.260 e. The van der Waals surface area contributed by atoms with Crippen LogP contribution in [0.5, 0.6) is 0 Å². The van der Waals surface area contributed by atoms with E-state index in [1.807, 2.05) is 45.0 Å². The molecular weight excluding hydrogens is 324 g/mol. The Morgan fingerprint density at radius 3 is 2.50 bits per heavy atom. The molecule has 1 unspecified atom stereocenters. The van der Waals surface area contributed by atoms with E-state index in [1.54, 1.807) is 13.1 Å². The van der Waals surface area contributed by atoms with E-state index in [2.05, 4.69) is 10.0 Å². The quantitative estimate of drug-likeness (QED) is 0.855. The molecule has 0 aromatic heterocycles. The first-order chi connectivity index (χ1) is 11.1. The Labute approximate surface area is 144 Å². The van der Waals surface area contributed by atoms with Gasteiger partial charge in [-0.3, -0.25) is 4.79 Å². The van der Waals surface area contributed by atoms with Gasteiger partial charge in [0.1, 0.15) is 0 Å². The third-order valence-corrected chi connectivity index (χ3v) is 5.56. The minimum absolute atomic E-state index is 0.0855. The first-order valence-electron chi connectivity index (χ1n) is 8.15. The van der Waals surface area contributed by atoms with E-state index in [9.17, 15) is 13.2 Å². The predicted octanol–water partition coefficient (Wildman–Crippen LogP) is 2.44. The topological polar surface area (TPSA) is 75.3 Å². The molecule has 0 saturated carbocycles. The molecule has 0 bridgehead atoms. The highest BCUT2D eigenvalue weighted by Gasteiger charge is 2.29. The van der Waals surface area contributed by atoms with Crippen LogP contribution in [0, 0.1) is 5.41 Å². The van der Waals surface area contributed by atoms with Gasteiger partial charge < -0.3 is 5.32 Å². The molecule has 0 saturated heterocycles. The molecule has 1 atom stereocenters. The second-order valence-electron chi connectivity index (χ2n) is 7.39. The van der Waals surface area contributed by atoms with Crippen LogP contribution in [0.2, 0.25) is 0 Å². The fourth-order valence-corrected chi connectivity index (χ4v) is 4.02. The lowest BCUT2D eigenvalue weighted by Gasteiger charge is -2.25. The molecule has 2 N–H and O–H groups in total. The summed E-state index contributed by atoms with van der Waals surface area (Å²) in [7, 11) is -2.15. The second-order valence-corrected chi connectivity index (χ2v) is 9.12. The highest BCUT2D eigenvalue weighted by atomic mass is 32.2. The van der Waals surface area contributed by atoms with Gasteiger partial charge in [-0.2, -0.15) is 0 Å². The minimum Gasteiger partial charge on any atom is -0.309 e. The van der Waals surface area contributed by atoms with Gasteiger partial charge in [0, 0.05) is 0 Å². The van der Waals surface area contributed by atoms with Crippen molar-refractivity contribution in [2.45, 2.75) is 46.1 Å². The van der Waals surface area contributed by atoms with Crippen molar-refractivity contribution < 1.29 is 13.2 Å². The van der Waals surface area contributed by atoms with Crippen molar-refractivity contribution in [1.29, 1.82) is 0 Å². The predicted molar refractivity (Wildman–Crippen MR) is 96.7 cm³/mol. The van der Waals surface area contributed by atoms with Crippen LogP contribution >= 0.6 is 0 Å². The van der Waals surface area contributed by atoms with E-state index in [0.717, 1.165) is 11.1 Å². The number of carbonyl (C=O) groups is 1. The number of sulfonamides is 1. The molecule has 1 aromatic rings. The fourth-order valence-electron chi connectivity index (χ4n) is 2.83. The summed E-state index contributed by atoms with van der Waals surface area (Å²) in [5.74, 6) is -0.507. The van der Waals surface area contributed by atoms with E-state index in [1.165, 1.54) is 0 Å². The zero-order valence-electron chi connectivity index (χ0n) is 14.7. The Hall–Kier alpha value is -1.66. The lowest BCUT2D eigenvalue weighted by molar-refractivity contribution is -0.121. The maximum Gasteiger partial charge on any atom is 0.260 e. The zero-order chi connectivity index (χ0) is 18.0. The molecule has 132 valence electrons. The number of rotatable bonds is 5. The van der Waals surface area contributed by atoms with Crippen LogP contribution in [0.3, 0.4) is 0 Å². The molecule has 2 rings (SSSR count). The van der Waals surface area contributed by atoms with Gasteiger partial charge in [-0.1, -0.05) is 45.0 Å². The standard InChI is InChI=1S/C18H26N2O3S/c1-18(2,3)12-16(19-4)17(21)20-24(22,23)15-10-9-13-7-5-6-8-14(13)11-15/h5-8,11,16,19H,9-10,12H2,1-4H3,(H,20,21). The van der Waals surface area contributed by atoms with Crippen LogP contribution < -0.4 is 10.0 Å². The molecule has 1 amide bonds. The van der Waals surface area contributed by atoms with Crippen molar-refractivity contribution in [3.05, 3.63) is 40.3 Å². The SMILES string of the molecule is CNC(CC(C)(C)C)C(=O)NS(=O)(=O)C1=Cc2ccccc2CC1. The first kappa shape index (κ1) is 18.7. The van der Waals surface area contributed by atoms with Gasteiger partial charge in [0.15, 0.2) is 0 Å². The molecule has 0 heterocycles.